The molecular weight excluding hydrogens is 206 g/mol. The summed E-state index contributed by atoms with van der Waals surface area (Å²) in [6, 6.07) is 5.06. The zero-order valence-electron chi connectivity index (χ0n) is 9.06. The largest absolute Gasteiger partial charge is 0.508 e. The Hall–Kier alpha value is -1.26. The molecule has 4 nitrogen and oxygen atoms in total. The van der Waals surface area contributed by atoms with Crippen molar-refractivity contribution in [2.24, 2.45) is 0 Å². The molecule has 0 amide bonds. The number of aliphatic hydroxyl groups is 1. The maximum Gasteiger partial charge on any atom is 0.119 e. The average Bonchev–Trinajstić information content (AvgIpc) is 2.14. The highest BCUT2D eigenvalue weighted by molar-refractivity contribution is 5.39. The van der Waals surface area contributed by atoms with E-state index in [4.69, 9.17) is 5.11 Å². The van der Waals surface area contributed by atoms with Crippen LogP contribution in [0.2, 0.25) is 0 Å². The minimum atomic E-state index is 0.0998. The van der Waals surface area contributed by atoms with Gasteiger partial charge in [-0.2, -0.15) is 0 Å². The van der Waals surface area contributed by atoms with Crippen molar-refractivity contribution in [3.05, 3.63) is 23.8 Å². The summed E-state index contributed by atoms with van der Waals surface area (Å²) in [6.45, 7) is 0.723. The fourth-order valence-corrected chi connectivity index (χ4v) is 2.23. The molecule has 16 heavy (non-hydrogen) atoms. The summed E-state index contributed by atoms with van der Waals surface area (Å²) in [5, 5.41) is 30.8. The van der Waals surface area contributed by atoms with E-state index in [-0.39, 0.29) is 18.1 Å². The highest BCUT2D eigenvalue weighted by Crippen LogP contribution is 2.39. The second-order valence-electron chi connectivity index (χ2n) is 4.25. The molecule has 2 rings (SSSR count). The number of benzene rings is 1. The molecular formula is C12H17NO3. The highest BCUT2D eigenvalue weighted by atomic mass is 16.3. The molecule has 4 heteroatoms. The third-order valence-corrected chi connectivity index (χ3v) is 3.15. The van der Waals surface area contributed by atoms with Crippen molar-refractivity contribution in [2.75, 3.05) is 13.2 Å². The SMILES string of the molecule is OCCNC1CCC1c1cc(O)cc(O)c1. The first-order chi connectivity index (χ1) is 7.70. The van der Waals surface area contributed by atoms with Gasteiger partial charge in [0, 0.05) is 18.7 Å². The molecule has 0 bridgehead atoms. The Morgan fingerprint density at radius 1 is 1.12 bits per heavy atom. The Bertz CT molecular complexity index is 347. The molecule has 0 aromatic heterocycles. The van der Waals surface area contributed by atoms with Crippen molar-refractivity contribution in [3.63, 3.8) is 0 Å². The molecule has 1 aliphatic rings. The number of phenolic OH excluding ortho intramolecular Hbond substituents is 2. The van der Waals surface area contributed by atoms with Crippen LogP contribution in [0, 0.1) is 0 Å². The van der Waals surface area contributed by atoms with Crippen LogP contribution in [-0.4, -0.2) is 34.5 Å². The van der Waals surface area contributed by atoms with Crippen molar-refractivity contribution in [2.45, 2.75) is 24.8 Å². The minimum absolute atomic E-state index is 0.0998. The molecule has 1 aliphatic carbocycles. The van der Waals surface area contributed by atoms with Crippen LogP contribution in [0.25, 0.3) is 0 Å². The number of hydrogen-bond acceptors (Lipinski definition) is 4. The van der Waals surface area contributed by atoms with Gasteiger partial charge in [0.05, 0.1) is 6.61 Å². The molecule has 1 saturated carbocycles. The van der Waals surface area contributed by atoms with Gasteiger partial charge < -0.3 is 20.6 Å². The lowest BCUT2D eigenvalue weighted by Gasteiger charge is -2.37. The van der Waals surface area contributed by atoms with Crippen LogP contribution in [0.3, 0.4) is 0 Å². The molecule has 1 fully saturated rings. The summed E-state index contributed by atoms with van der Waals surface area (Å²) in [6.07, 6.45) is 2.12. The summed E-state index contributed by atoms with van der Waals surface area (Å²) in [7, 11) is 0. The third-order valence-electron chi connectivity index (χ3n) is 3.15. The summed E-state index contributed by atoms with van der Waals surface area (Å²) in [5.41, 5.74) is 0.958. The Morgan fingerprint density at radius 3 is 2.31 bits per heavy atom. The lowest BCUT2D eigenvalue weighted by molar-refractivity contribution is 0.239. The van der Waals surface area contributed by atoms with Crippen LogP contribution in [0.1, 0.15) is 24.3 Å². The van der Waals surface area contributed by atoms with Crippen LogP contribution in [0.5, 0.6) is 11.5 Å². The van der Waals surface area contributed by atoms with Crippen molar-refractivity contribution < 1.29 is 15.3 Å². The fraction of sp³-hybridized carbons (Fsp3) is 0.500. The van der Waals surface area contributed by atoms with Crippen LogP contribution < -0.4 is 5.32 Å². The summed E-state index contributed by atoms with van der Waals surface area (Å²) in [5.74, 6) is 0.523. The smallest absolute Gasteiger partial charge is 0.119 e. The van der Waals surface area contributed by atoms with Gasteiger partial charge in [-0.1, -0.05) is 0 Å². The maximum absolute atomic E-state index is 9.40. The molecule has 0 aliphatic heterocycles. The van der Waals surface area contributed by atoms with Crippen molar-refractivity contribution in [3.8, 4) is 11.5 Å². The molecule has 1 aromatic rings. The summed E-state index contributed by atoms with van der Waals surface area (Å²) in [4.78, 5) is 0. The van der Waals surface area contributed by atoms with E-state index in [1.807, 2.05) is 0 Å². The lowest BCUT2D eigenvalue weighted by Crippen LogP contribution is -2.43. The Labute approximate surface area is 94.5 Å². The van der Waals surface area contributed by atoms with Gasteiger partial charge in [0.25, 0.3) is 0 Å². The Kier molecular flexibility index (Phi) is 3.31. The van der Waals surface area contributed by atoms with Gasteiger partial charge in [0.2, 0.25) is 0 Å². The van der Waals surface area contributed by atoms with Crippen molar-refractivity contribution >= 4 is 0 Å². The van der Waals surface area contributed by atoms with Gasteiger partial charge in [0.15, 0.2) is 0 Å². The van der Waals surface area contributed by atoms with E-state index in [0.29, 0.717) is 18.5 Å². The van der Waals surface area contributed by atoms with Gasteiger partial charge in [0.1, 0.15) is 11.5 Å². The first-order valence-corrected chi connectivity index (χ1v) is 5.58. The number of rotatable bonds is 4. The number of hydrogen-bond donors (Lipinski definition) is 4. The standard InChI is InChI=1S/C12H17NO3/c14-4-3-13-12-2-1-11(12)8-5-9(15)7-10(16)6-8/h5-7,11-16H,1-4H2. The average molecular weight is 223 g/mol. The normalized spacial score (nSPS) is 24.1. The second kappa shape index (κ2) is 4.72. The van der Waals surface area contributed by atoms with E-state index in [0.717, 1.165) is 18.4 Å². The van der Waals surface area contributed by atoms with Gasteiger partial charge in [-0.15, -0.1) is 0 Å². The fourth-order valence-electron chi connectivity index (χ4n) is 2.23. The molecule has 88 valence electrons. The van der Waals surface area contributed by atoms with Crippen molar-refractivity contribution in [1.29, 1.82) is 0 Å². The predicted octanol–water partition coefficient (Wildman–Crippen LogP) is 0.926. The minimum Gasteiger partial charge on any atom is -0.508 e. The van der Waals surface area contributed by atoms with Gasteiger partial charge in [-0.3, -0.25) is 0 Å². The molecule has 2 atom stereocenters. The third kappa shape index (κ3) is 2.28. The van der Waals surface area contributed by atoms with E-state index >= 15 is 0 Å². The first-order valence-electron chi connectivity index (χ1n) is 5.58. The van der Waals surface area contributed by atoms with Crippen LogP contribution in [-0.2, 0) is 0 Å². The molecule has 0 radical (unpaired) electrons. The van der Waals surface area contributed by atoms with Crippen LogP contribution in [0.4, 0.5) is 0 Å². The molecule has 0 saturated heterocycles. The zero-order valence-corrected chi connectivity index (χ0v) is 9.06. The lowest BCUT2D eigenvalue weighted by atomic mass is 9.75. The number of phenols is 2. The topological polar surface area (TPSA) is 72.7 Å². The second-order valence-corrected chi connectivity index (χ2v) is 4.25. The van der Waals surface area contributed by atoms with E-state index in [1.54, 1.807) is 12.1 Å². The van der Waals surface area contributed by atoms with Gasteiger partial charge in [-0.05, 0) is 36.5 Å². The Morgan fingerprint density at radius 2 is 1.81 bits per heavy atom. The Balaban J connectivity index is 2.06. The molecule has 1 aromatic carbocycles. The van der Waals surface area contributed by atoms with Crippen LogP contribution in [0.15, 0.2) is 18.2 Å². The number of aliphatic hydroxyl groups excluding tert-OH is 1. The molecule has 4 N–H and O–H groups in total. The zero-order chi connectivity index (χ0) is 11.5. The number of nitrogens with one attached hydrogen (secondary N) is 1. The van der Waals surface area contributed by atoms with Crippen molar-refractivity contribution in [1.82, 2.24) is 5.32 Å². The van der Waals surface area contributed by atoms with Crippen LogP contribution >= 0.6 is 0 Å². The van der Waals surface area contributed by atoms with E-state index in [2.05, 4.69) is 5.32 Å². The van der Waals surface area contributed by atoms with E-state index in [9.17, 15) is 10.2 Å². The predicted molar refractivity (Wildman–Crippen MR) is 60.6 cm³/mol. The highest BCUT2D eigenvalue weighted by Gasteiger charge is 2.31. The summed E-state index contributed by atoms with van der Waals surface area (Å²) < 4.78 is 0. The van der Waals surface area contributed by atoms with E-state index in [1.165, 1.54) is 6.07 Å². The first kappa shape index (κ1) is 11.2. The quantitative estimate of drug-likeness (QED) is 0.612. The van der Waals surface area contributed by atoms with Gasteiger partial charge in [-0.25, -0.2) is 0 Å². The molecule has 0 spiro atoms. The maximum atomic E-state index is 9.40. The monoisotopic (exact) mass is 223 g/mol. The van der Waals surface area contributed by atoms with E-state index < -0.39 is 0 Å². The van der Waals surface area contributed by atoms with Gasteiger partial charge >= 0.3 is 0 Å². The summed E-state index contributed by atoms with van der Waals surface area (Å²) >= 11 is 0. The number of aromatic hydroxyl groups is 2. The molecule has 0 heterocycles. The molecule has 2 unspecified atom stereocenters.